The summed E-state index contributed by atoms with van der Waals surface area (Å²) in [6.07, 6.45) is -3.28. The Kier molecular flexibility index (Phi) is 3.59. The lowest BCUT2D eigenvalue weighted by molar-refractivity contribution is -0.123. The van der Waals surface area contributed by atoms with Crippen LogP contribution in [-0.4, -0.2) is 23.2 Å². The number of hydrogen-bond donors (Lipinski definition) is 1. The Morgan fingerprint density at radius 2 is 2.06 bits per heavy atom. The van der Waals surface area contributed by atoms with E-state index in [1.807, 2.05) is 0 Å². The summed E-state index contributed by atoms with van der Waals surface area (Å²) >= 11 is 0. The van der Waals surface area contributed by atoms with Crippen LogP contribution in [0.1, 0.15) is 16.1 Å². The van der Waals surface area contributed by atoms with Crippen LogP contribution in [0.5, 0.6) is 0 Å². The first kappa shape index (κ1) is 13.3. The molecule has 0 atom stereocenters. The lowest BCUT2D eigenvalue weighted by Crippen LogP contribution is -2.36. The van der Waals surface area contributed by atoms with Gasteiger partial charge in [0.2, 0.25) is 0 Å². The molecule has 4 nitrogen and oxygen atoms in total. The van der Waals surface area contributed by atoms with Crippen LogP contribution in [0.2, 0.25) is 0 Å². The van der Waals surface area contributed by atoms with Gasteiger partial charge in [0, 0.05) is 25.0 Å². The molecule has 1 aromatic heterocycles. The van der Waals surface area contributed by atoms with Crippen LogP contribution in [-0.2, 0) is 7.05 Å². The number of halogens is 3. The SMILES string of the molecule is Cc1cc(=O)c(C(=O)NCC(F)(F)F)cn1C. The standard InChI is InChI=1S/C10H11F3N2O2/c1-6-3-8(16)7(4-15(6)2)9(17)14-5-10(11,12)13/h3-4H,5H2,1-2H3,(H,14,17). The van der Waals surface area contributed by atoms with Crippen LogP contribution in [0.3, 0.4) is 0 Å². The van der Waals surface area contributed by atoms with Crippen molar-refractivity contribution in [3.05, 3.63) is 33.7 Å². The van der Waals surface area contributed by atoms with Crippen molar-refractivity contribution in [2.24, 2.45) is 7.05 Å². The topological polar surface area (TPSA) is 51.1 Å². The average Bonchev–Trinajstić information content (AvgIpc) is 2.19. The molecule has 0 aliphatic heterocycles. The molecule has 1 heterocycles. The van der Waals surface area contributed by atoms with E-state index in [0.29, 0.717) is 5.69 Å². The molecule has 1 amide bonds. The van der Waals surface area contributed by atoms with E-state index < -0.39 is 24.1 Å². The van der Waals surface area contributed by atoms with Gasteiger partial charge in [-0.2, -0.15) is 13.2 Å². The molecular weight excluding hydrogens is 237 g/mol. The predicted octanol–water partition coefficient (Wildman–Crippen LogP) is 0.986. The van der Waals surface area contributed by atoms with Gasteiger partial charge in [-0.15, -0.1) is 0 Å². The number of nitrogens with one attached hydrogen (secondary N) is 1. The zero-order chi connectivity index (χ0) is 13.2. The average molecular weight is 248 g/mol. The second-order valence-electron chi connectivity index (χ2n) is 3.60. The Labute approximate surface area is 95.1 Å². The van der Waals surface area contributed by atoms with E-state index in [0.717, 1.165) is 0 Å². The summed E-state index contributed by atoms with van der Waals surface area (Å²) in [7, 11) is 1.59. The molecule has 0 radical (unpaired) electrons. The molecule has 17 heavy (non-hydrogen) atoms. The smallest absolute Gasteiger partial charge is 0.354 e. The minimum absolute atomic E-state index is 0.303. The Morgan fingerprint density at radius 3 is 2.59 bits per heavy atom. The Morgan fingerprint density at radius 1 is 1.47 bits per heavy atom. The minimum atomic E-state index is -4.49. The van der Waals surface area contributed by atoms with Gasteiger partial charge < -0.3 is 9.88 Å². The number of pyridine rings is 1. The first-order valence-electron chi connectivity index (χ1n) is 4.73. The number of hydrogen-bond acceptors (Lipinski definition) is 2. The van der Waals surface area contributed by atoms with Crippen LogP contribution >= 0.6 is 0 Å². The van der Waals surface area contributed by atoms with E-state index in [2.05, 4.69) is 0 Å². The van der Waals surface area contributed by atoms with Gasteiger partial charge in [0.1, 0.15) is 12.1 Å². The highest BCUT2D eigenvalue weighted by atomic mass is 19.4. The summed E-state index contributed by atoms with van der Waals surface area (Å²) in [6, 6.07) is 1.20. The maximum atomic E-state index is 11.9. The van der Waals surface area contributed by atoms with Gasteiger partial charge >= 0.3 is 6.18 Å². The van der Waals surface area contributed by atoms with Crippen molar-refractivity contribution >= 4 is 5.91 Å². The highest BCUT2D eigenvalue weighted by Crippen LogP contribution is 2.12. The molecule has 1 rings (SSSR count). The van der Waals surface area contributed by atoms with E-state index >= 15 is 0 Å². The zero-order valence-corrected chi connectivity index (χ0v) is 9.26. The summed E-state index contributed by atoms with van der Waals surface area (Å²) in [5.41, 5.74) is -0.287. The monoisotopic (exact) mass is 248 g/mol. The highest BCUT2D eigenvalue weighted by molar-refractivity contribution is 5.93. The number of rotatable bonds is 2. The number of carbonyl (C=O) groups is 1. The number of alkyl halides is 3. The summed E-state index contributed by atoms with van der Waals surface area (Å²) in [5.74, 6) is -1.03. The maximum Gasteiger partial charge on any atom is 0.405 e. The Hall–Kier alpha value is -1.79. The highest BCUT2D eigenvalue weighted by Gasteiger charge is 2.28. The van der Waals surface area contributed by atoms with Crippen molar-refractivity contribution in [1.82, 2.24) is 9.88 Å². The van der Waals surface area contributed by atoms with Crippen molar-refractivity contribution in [3.8, 4) is 0 Å². The fourth-order valence-electron chi connectivity index (χ4n) is 1.17. The molecule has 0 unspecified atom stereocenters. The van der Waals surface area contributed by atoms with Crippen molar-refractivity contribution in [3.63, 3.8) is 0 Å². The summed E-state index contributed by atoms with van der Waals surface area (Å²) < 4.78 is 37.1. The van der Waals surface area contributed by atoms with E-state index in [1.54, 1.807) is 19.3 Å². The molecule has 0 spiro atoms. The van der Waals surface area contributed by atoms with Crippen molar-refractivity contribution in [2.75, 3.05) is 6.54 Å². The molecule has 0 aromatic carbocycles. The van der Waals surface area contributed by atoms with Gasteiger partial charge in [-0.1, -0.05) is 0 Å². The first-order chi connectivity index (χ1) is 7.70. The lowest BCUT2D eigenvalue weighted by atomic mass is 10.2. The molecule has 0 fully saturated rings. The molecule has 0 aliphatic carbocycles. The third-order valence-corrected chi connectivity index (χ3v) is 2.18. The van der Waals surface area contributed by atoms with Crippen LogP contribution in [0.4, 0.5) is 13.2 Å². The van der Waals surface area contributed by atoms with Crippen LogP contribution in [0.15, 0.2) is 17.1 Å². The van der Waals surface area contributed by atoms with Crippen LogP contribution in [0.25, 0.3) is 0 Å². The van der Waals surface area contributed by atoms with Crippen molar-refractivity contribution in [2.45, 2.75) is 13.1 Å². The Balaban J connectivity index is 2.90. The number of amides is 1. The van der Waals surface area contributed by atoms with E-state index in [-0.39, 0.29) is 5.56 Å². The number of carbonyl (C=O) groups excluding carboxylic acids is 1. The van der Waals surface area contributed by atoms with Crippen LogP contribution < -0.4 is 10.7 Å². The van der Waals surface area contributed by atoms with Gasteiger partial charge in [0.05, 0.1) is 0 Å². The normalized spacial score (nSPS) is 11.4. The molecule has 0 bridgehead atoms. The van der Waals surface area contributed by atoms with Gasteiger partial charge in [-0.3, -0.25) is 9.59 Å². The van der Waals surface area contributed by atoms with Gasteiger partial charge in [0.15, 0.2) is 5.43 Å². The molecular formula is C10H11F3N2O2. The third-order valence-electron chi connectivity index (χ3n) is 2.18. The van der Waals surface area contributed by atoms with E-state index in [9.17, 15) is 22.8 Å². The van der Waals surface area contributed by atoms with Crippen molar-refractivity contribution < 1.29 is 18.0 Å². The maximum absolute atomic E-state index is 11.9. The number of nitrogens with zero attached hydrogens (tertiary/aromatic N) is 1. The lowest BCUT2D eigenvalue weighted by Gasteiger charge is -2.09. The first-order valence-corrected chi connectivity index (χ1v) is 4.73. The fraction of sp³-hybridized carbons (Fsp3) is 0.400. The largest absolute Gasteiger partial charge is 0.405 e. The number of aromatic nitrogens is 1. The Bertz CT molecular complexity index is 491. The van der Waals surface area contributed by atoms with Gasteiger partial charge in [0.25, 0.3) is 5.91 Å². The summed E-state index contributed by atoms with van der Waals surface area (Å²) in [5, 5.41) is 1.65. The molecule has 0 saturated carbocycles. The second-order valence-corrected chi connectivity index (χ2v) is 3.60. The summed E-state index contributed by atoms with van der Waals surface area (Å²) in [4.78, 5) is 22.8. The quantitative estimate of drug-likeness (QED) is 0.848. The van der Waals surface area contributed by atoms with Gasteiger partial charge in [-0.05, 0) is 6.92 Å². The minimum Gasteiger partial charge on any atom is -0.354 e. The molecule has 7 heteroatoms. The van der Waals surface area contributed by atoms with E-state index in [4.69, 9.17) is 0 Å². The number of aryl methyl sites for hydroxylation is 2. The molecule has 1 aromatic rings. The predicted molar refractivity (Wildman–Crippen MR) is 54.8 cm³/mol. The second kappa shape index (κ2) is 4.60. The summed E-state index contributed by atoms with van der Waals surface area (Å²) in [6.45, 7) is 0.196. The van der Waals surface area contributed by atoms with Gasteiger partial charge in [-0.25, -0.2) is 0 Å². The van der Waals surface area contributed by atoms with Crippen molar-refractivity contribution in [1.29, 1.82) is 0 Å². The fourth-order valence-corrected chi connectivity index (χ4v) is 1.17. The zero-order valence-electron chi connectivity index (χ0n) is 9.26. The molecule has 94 valence electrons. The van der Waals surface area contributed by atoms with E-state index in [1.165, 1.54) is 16.8 Å². The van der Waals surface area contributed by atoms with Crippen LogP contribution in [0, 0.1) is 6.92 Å². The molecule has 1 N–H and O–H groups in total. The molecule has 0 aliphatic rings. The third kappa shape index (κ3) is 3.61. The molecule has 0 saturated heterocycles.